The van der Waals surface area contributed by atoms with E-state index in [4.69, 9.17) is 19.3 Å². The summed E-state index contributed by atoms with van der Waals surface area (Å²) in [5.41, 5.74) is 0. The zero-order valence-corrected chi connectivity index (χ0v) is 41.3. The number of aliphatic hydroxyl groups excluding tert-OH is 1. The van der Waals surface area contributed by atoms with Crippen molar-refractivity contribution in [2.75, 3.05) is 185 Å². The van der Waals surface area contributed by atoms with E-state index in [1.165, 1.54) is 182 Å². The Labute approximate surface area is 373 Å². The quantitative estimate of drug-likeness (QED) is 0.216. The lowest BCUT2D eigenvalue weighted by molar-refractivity contribution is 0.0977. The van der Waals surface area contributed by atoms with Crippen LogP contribution in [0.15, 0.2) is 0 Å². The molecule has 0 aromatic carbocycles. The van der Waals surface area contributed by atoms with E-state index in [0.29, 0.717) is 6.61 Å². The summed E-state index contributed by atoms with van der Waals surface area (Å²) in [4.78, 5) is 16.9. The normalized spacial score (nSPS) is 24.4. The minimum Gasteiger partial charge on any atom is -0.395 e. The third-order valence-electron chi connectivity index (χ3n) is 12.7. The van der Waals surface area contributed by atoms with E-state index in [1.807, 2.05) is 6.92 Å². The summed E-state index contributed by atoms with van der Waals surface area (Å²) in [6, 6.07) is 1.53. The molecule has 0 radical (unpaired) electrons. The van der Waals surface area contributed by atoms with Gasteiger partial charge in [-0.25, -0.2) is 0 Å². The molecule has 0 aromatic heterocycles. The van der Waals surface area contributed by atoms with Gasteiger partial charge in [0.1, 0.15) is 0 Å². The van der Waals surface area contributed by atoms with E-state index in [1.54, 1.807) is 7.11 Å². The third-order valence-corrected chi connectivity index (χ3v) is 12.7. The molecular formula is C48H104N8O4. The maximum Gasteiger partial charge on any atom is 0.0593 e. The molecule has 8 aliphatic heterocycles. The molecule has 360 valence electrons. The van der Waals surface area contributed by atoms with Crippen molar-refractivity contribution in [3.05, 3.63) is 0 Å². The number of hydrogen-bond acceptors (Lipinski definition) is 12. The molecule has 0 aromatic rings. The molecule has 60 heavy (non-hydrogen) atoms. The number of methoxy groups -OCH3 is 1. The van der Waals surface area contributed by atoms with Gasteiger partial charge in [-0.15, -0.1) is 0 Å². The van der Waals surface area contributed by atoms with Gasteiger partial charge in [0.25, 0.3) is 0 Å². The molecule has 2 unspecified atom stereocenters. The van der Waals surface area contributed by atoms with Gasteiger partial charge in [0.2, 0.25) is 0 Å². The van der Waals surface area contributed by atoms with Crippen LogP contribution >= 0.6 is 0 Å². The first-order valence-electron chi connectivity index (χ1n) is 25.3. The van der Waals surface area contributed by atoms with Gasteiger partial charge in [0.05, 0.1) is 26.4 Å². The van der Waals surface area contributed by atoms with Crippen molar-refractivity contribution >= 4 is 0 Å². The monoisotopic (exact) mass is 857 g/mol. The average molecular weight is 857 g/mol. The molecule has 8 aliphatic rings. The topological polar surface area (TPSA) is 82.6 Å². The van der Waals surface area contributed by atoms with Gasteiger partial charge in [0, 0.05) is 58.6 Å². The van der Waals surface area contributed by atoms with E-state index < -0.39 is 0 Å². The van der Waals surface area contributed by atoms with Crippen LogP contribution in [-0.4, -0.2) is 237 Å². The highest BCUT2D eigenvalue weighted by molar-refractivity contribution is 4.81. The van der Waals surface area contributed by atoms with Crippen molar-refractivity contribution in [2.24, 2.45) is 0 Å². The Bertz CT molecular complexity index is 845. The van der Waals surface area contributed by atoms with Crippen molar-refractivity contribution < 1.29 is 19.3 Å². The van der Waals surface area contributed by atoms with Gasteiger partial charge in [0.15, 0.2) is 0 Å². The average Bonchev–Trinajstić information content (AvgIpc) is 4.06. The number of rotatable bonds is 14. The van der Waals surface area contributed by atoms with E-state index in [9.17, 15) is 0 Å². The zero-order chi connectivity index (χ0) is 43.9. The van der Waals surface area contributed by atoms with Crippen LogP contribution in [-0.2, 0) is 14.2 Å². The molecule has 0 bridgehead atoms. The predicted octanol–water partition coefficient (Wildman–Crippen LogP) is 5.54. The second-order valence-corrected chi connectivity index (χ2v) is 17.8. The van der Waals surface area contributed by atoms with E-state index >= 15 is 0 Å². The molecule has 8 heterocycles. The van der Waals surface area contributed by atoms with Crippen LogP contribution in [0.25, 0.3) is 0 Å². The minimum atomic E-state index is 0.319. The SMILES string of the molecule is C1CNC1.CCN1CCC1.CCOCCN1C(C)CCC1C.CCOCCN1CCCC1.CN1CCC1.CN1CCCC1.COCCN1CCCC1.OCCN1CCCC1. The summed E-state index contributed by atoms with van der Waals surface area (Å²) in [6.45, 7) is 39.1. The number of aliphatic hydroxyl groups is 1. The molecule has 8 fully saturated rings. The fourth-order valence-electron chi connectivity index (χ4n) is 7.95. The fourth-order valence-corrected chi connectivity index (χ4v) is 7.95. The predicted molar refractivity (Wildman–Crippen MR) is 257 cm³/mol. The fraction of sp³-hybridized carbons (Fsp3) is 1.00. The van der Waals surface area contributed by atoms with Gasteiger partial charge >= 0.3 is 0 Å². The minimum absolute atomic E-state index is 0.319. The molecule has 2 atom stereocenters. The molecule has 12 nitrogen and oxygen atoms in total. The van der Waals surface area contributed by atoms with Crippen molar-refractivity contribution in [1.82, 2.24) is 39.6 Å². The van der Waals surface area contributed by atoms with E-state index in [0.717, 1.165) is 71.3 Å². The number of hydrogen-bond donors (Lipinski definition) is 2. The molecule has 12 heteroatoms. The van der Waals surface area contributed by atoms with E-state index in [2.05, 4.69) is 81.4 Å². The Kier molecular flexibility index (Phi) is 39.5. The Morgan fingerprint density at radius 3 is 1.10 bits per heavy atom. The lowest BCUT2D eigenvalue weighted by Crippen LogP contribution is -2.36. The lowest BCUT2D eigenvalue weighted by Gasteiger charge is -2.28. The van der Waals surface area contributed by atoms with Crippen LogP contribution in [0.3, 0.4) is 0 Å². The lowest BCUT2D eigenvalue weighted by atomic mass is 10.2. The number of likely N-dealkylation sites (tertiary alicyclic amines) is 7. The number of nitrogens with one attached hydrogen (secondary N) is 1. The number of ether oxygens (including phenoxy) is 3. The smallest absolute Gasteiger partial charge is 0.0593 e. The largest absolute Gasteiger partial charge is 0.395 e. The highest BCUT2D eigenvalue weighted by atomic mass is 16.5. The molecule has 8 rings (SSSR count). The first-order chi connectivity index (χ1) is 29.3. The summed E-state index contributed by atoms with van der Waals surface area (Å²) < 4.78 is 15.6. The Morgan fingerprint density at radius 2 is 0.833 bits per heavy atom. The van der Waals surface area contributed by atoms with Crippen molar-refractivity contribution in [1.29, 1.82) is 0 Å². The second-order valence-electron chi connectivity index (χ2n) is 17.8. The first kappa shape index (κ1) is 57.5. The van der Waals surface area contributed by atoms with Crippen LogP contribution in [0.4, 0.5) is 0 Å². The maximum atomic E-state index is 8.48. The summed E-state index contributed by atoms with van der Waals surface area (Å²) in [7, 11) is 6.08. The number of nitrogens with zero attached hydrogens (tertiary/aromatic N) is 7. The van der Waals surface area contributed by atoms with Gasteiger partial charge in [-0.2, -0.15) is 0 Å². The van der Waals surface area contributed by atoms with Crippen LogP contribution in [0.5, 0.6) is 0 Å². The van der Waals surface area contributed by atoms with Gasteiger partial charge < -0.3 is 54.0 Å². The maximum absolute atomic E-state index is 8.48. The Balaban J connectivity index is 0.000000349. The summed E-state index contributed by atoms with van der Waals surface area (Å²) in [5, 5.41) is 11.6. The van der Waals surface area contributed by atoms with Crippen molar-refractivity contribution in [3.8, 4) is 0 Å². The van der Waals surface area contributed by atoms with Gasteiger partial charge in [-0.3, -0.25) is 4.90 Å². The molecule has 0 aliphatic carbocycles. The summed E-state index contributed by atoms with van der Waals surface area (Å²) in [6.07, 6.45) is 17.9. The molecule has 8 saturated heterocycles. The van der Waals surface area contributed by atoms with Crippen LogP contribution < -0.4 is 5.32 Å². The van der Waals surface area contributed by atoms with Gasteiger partial charge in [-0.1, -0.05) is 6.92 Å². The Morgan fingerprint density at radius 1 is 0.483 bits per heavy atom. The molecule has 2 N–H and O–H groups in total. The highest BCUT2D eigenvalue weighted by Crippen LogP contribution is 2.22. The summed E-state index contributed by atoms with van der Waals surface area (Å²) >= 11 is 0. The molecule has 0 spiro atoms. The van der Waals surface area contributed by atoms with Crippen LogP contribution in [0.1, 0.15) is 118 Å². The molecule has 0 amide bonds. The Hall–Kier alpha value is -0.480. The summed E-state index contributed by atoms with van der Waals surface area (Å²) in [5.74, 6) is 0. The van der Waals surface area contributed by atoms with Gasteiger partial charge in [-0.05, 0) is 223 Å². The van der Waals surface area contributed by atoms with Crippen LogP contribution in [0.2, 0.25) is 0 Å². The first-order valence-corrected chi connectivity index (χ1v) is 25.3. The standard InChI is InChI=1S/C10H21NO.C8H17NO.C7H15NO.C6H13NO.2C5H11N.C4H9N.C3H7N/c1-4-12-8-7-11-9(2)5-6-10(11)3;1-2-10-8-7-9-5-3-4-6-9;1-9-7-6-8-4-2-3-5-8;8-6-5-7-3-1-2-4-7;1-6-4-2-3-5-6;1-2-6-4-3-5-6;1-5-3-2-4-5;1-2-4-3-1/h9-10H,4-8H2,1-3H3;2-8H2,1H3;2-7H2,1H3;8H,1-6H2;2*2-5H2,1H3;2-4H2,1H3;4H,1-3H2. The van der Waals surface area contributed by atoms with Crippen molar-refractivity contribution in [2.45, 2.75) is 130 Å². The second kappa shape index (κ2) is 41.2. The molecular weight excluding hydrogens is 753 g/mol. The zero-order valence-electron chi connectivity index (χ0n) is 41.3. The van der Waals surface area contributed by atoms with E-state index in [-0.39, 0.29) is 0 Å². The molecule has 0 saturated carbocycles. The van der Waals surface area contributed by atoms with Crippen LogP contribution in [0, 0.1) is 0 Å². The third kappa shape index (κ3) is 32.2. The number of β-amino-alcohol motifs (C(OH)–C–C–N with tert-alkyl or cyclic N) is 1. The highest BCUT2D eigenvalue weighted by Gasteiger charge is 2.26. The van der Waals surface area contributed by atoms with Crippen molar-refractivity contribution in [3.63, 3.8) is 0 Å².